The molecule has 3 aromatic rings. The largest absolute Gasteiger partial charge is 0.493 e. The Morgan fingerprint density at radius 3 is 2.38 bits per heavy atom. The molecule has 6 heteroatoms. The summed E-state index contributed by atoms with van der Waals surface area (Å²) in [7, 11) is 3.26. The highest BCUT2D eigenvalue weighted by Crippen LogP contribution is 2.41. The van der Waals surface area contributed by atoms with E-state index in [0.29, 0.717) is 36.1 Å². The summed E-state index contributed by atoms with van der Waals surface area (Å²) in [5.74, 6) is 2.00. The van der Waals surface area contributed by atoms with Crippen molar-refractivity contribution in [2.24, 2.45) is 0 Å². The molecule has 32 heavy (non-hydrogen) atoms. The third-order valence-electron chi connectivity index (χ3n) is 5.68. The number of ether oxygens (including phenoxy) is 3. The van der Waals surface area contributed by atoms with E-state index in [2.05, 4.69) is 5.32 Å². The first-order valence-corrected chi connectivity index (χ1v) is 10.8. The highest BCUT2D eigenvalue weighted by molar-refractivity contribution is 5.91. The van der Waals surface area contributed by atoms with E-state index < -0.39 is 0 Å². The fourth-order valence-corrected chi connectivity index (χ4v) is 4.20. The van der Waals surface area contributed by atoms with Gasteiger partial charge in [-0.25, -0.2) is 4.79 Å². The molecule has 1 atom stereocenters. The molecule has 0 saturated heterocycles. The van der Waals surface area contributed by atoms with Crippen molar-refractivity contribution in [3.8, 4) is 17.2 Å². The molecule has 6 nitrogen and oxygen atoms in total. The molecule has 0 aromatic heterocycles. The van der Waals surface area contributed by atoms with Crippen molar-refractivity contribution >= 4 is 11.7 Å². The lowest BCUT2D eigenvalue weighted by molar-refractivity contribution is 0.193. The van der Waals surface area contributed by atoms with Crippen LogP contribution in [0, 0.1) is 0 Å². The minimum absolute atomic E-state index is 0.175. The molecule has 1 aliphatic rings. The Morgan fingerprint density at radius 2 is 1.66 bits per heavy atom. The van der Waals surface area contributed by atoms with Gasteiger partial charge in [-0.1, -0.05) is 42.5 Å². The van der Waals surface area contributed by atoms with Crippen molar-refractivity contribution in [3.05, 3.63) is 83.4 Å². The zero-order chi connectivity index (χ0) is 22.5. The van der Waals surface area contributed by atoms with Crippen molar-refractivity contribution in [3.63, 3.8) is 0 Å². The lowest BCUT2D eigenvalue weighted by Crippen LogP contribution is -2.43. The standard InChI is InChI=1S/C26H28N2O4/c1-4-32-22-13-9-8-12-21(22)27-26(29)28-15-14-19-16-23(30-2)24(31-3)17-20(19)25(28)18-10-6-5-7-11-18/h5-13,16-17,25H,4,14-15H2,1-3H3,(H,27,29). The molecule has 1 unspecified atom stereocenters. The van der Waals surface area contributed by atoms with Crippen LogP contribution in [0.1, 0.15) is 29.7 Å². The van der Waals surface area contributed by atoms with E-state index in [1.54, 1.807) is 14.2 Å². The maximum absolute atomic E-state index is 13.5. The fraction of sp³-hybridized carbons (Fsp3) is 0.269. The van der Waals surface area contributed by atoms with Crippen LogP contribution in [-0.4, -0.2) is 38.3 Å². The van der Waals surface area contributed by atoms with Gasteiger partial charge in [0.1, 0.15) is 5.75 Å². The first-order chi connectivity index (χ1) is 15.7. The number of methoxy groups -OCH3 is 2. The number of fused-ring (bicyclic) bond motifs is 1. The van der Waals surface area contributed by atoms with Crippen LogP contribution in [0.15, 0.2) is 66.7 Å². The van der Waals surface area contributed by atoms with Crippen molar-refractivity contribution in [1.29, 1.82) is 0 Å². The van der Waals surface area contributed by atoms with E-state index >= 15 is 0 Å². The van der Waals surface area contributed by atoms with Gasteiger partial charge in [0.25, 0.3) is 0 Å². The van der Waals surface area contributed by atoms with Gasteiger partial charge in [-0.3, -0.25) is 0 Å². The lowest BCUT2D eigenvalue weighted by atomic mass is 9.88. The van der Waals surface area contributed by atoms with Gasteiger partial charge in [0.15, 0.2) is 11.5 Å². The number of amides is 2. The monoisotopic (exact) mass is 432 g/mol. The SMILES string of the molecule is CCOc1ccccc1NC(=O)N1CCc2cc(OC)c(OC)cc2C1c1ccccc1. The summed E-state index contributed by atoms with van der Waals surface area (Å²) in [5.41, 5.74) is 3.88. The molecule has 166 valence electrons. The number of para-hydroxylation sites is 2. The van der Waals surface area contributed by atoms with Gasteiger partial charge in [-0.2, -0.15) is 0 Å². The Morgan fingerprint density at radius 1 is 0.969 bits per heavy atom. The predicted molar refractivity (Wildman–Crippen MR) is 125 cm³/mol. The molecule has 1 heterocycles. The van der Waals surface area contributed by atoms with Crippen LogP contribution in [0.2, 0.25) is 0 Å². The van der Waals surface area contributed by atoms with E-state index in [9.17, 15) is 4.79 Å². The van der Waals surface area contributed by atoms with Gasteiger partial charge >= 0.3 is 6.03 Å². The van der Waals surface area contributed by atoms with Crippen LogP contribution in [0.25, 0.3) is 0 Å². The minimum Gasteiger partial charge on any atom is -0.493 e. The minimum atomic E-state index is -0.251. The average Bonchev–Trinajstić information content (AvgIpc) is 2.84. The second-order valence-electron chi connectivity index (χ2n) is 7.52. The Hall–Kier alpha value is -3.67. The molecule has 3 aromatic carbocycles. The van der Waals surface area contributed by atoms with Gasteiger partial charge < -0.3 is 24.4 Å². The Bertz CT molecular complexity index is 1080. The summed E-state index contributed by atoms with van der Waals surface area (Å²) in [6.07, 6.45) is 0.722. The number of hydrogen-bond donors (Lipinski definition) is 1. The molecule has 0 spiro atoms. The number of rotatable bonds is 6. The van der Waals surface area contributed by atoms with E-state index in [1.165, 1.54) is 0 Å². The molecule has 0 bridgehead atoms. The molecule has 4 rings (SSSR count). The molecule has 0 fully saturated rings. The number of benzene rings is 3. The first kappa shape index (κ1) is 21.6. The van der Waals surface area contributed by atoms with Crippen LogP contribution in [0.4, 0.5) is 10.5 Å². The van der Waals surface area contributed by atoms with Crippen molar-refractivity contribution < 1.29 is 19.0 Å². The fourth-order valence-electron chi connectivity index (χ4n) is 4.20. The summed E-state index contributed by atoms with van der Waals surface area (Å²) < 4.78 is 16.7. The molecule has 0 aliphatic carbocycles. The number of hydrogen-bond acceptors (Lipinski definition) is 4. The number of urea groups is 1. The quantitative estimate of drug-likeness (QED) is 0.576. The van der Waals surface area contributed by atoms with Crippen LogP contribution >= 0.6 is 0 Å². The Labute approximate surface area is 188 Å². The Balaban J connectivity index is 1.73. The van der Waals surface area contributed by atoms with E-state index in [0.717, 1.165) is 23.1 Å². The zero-order valence-corrected chi connectivity index (χ0v) is 18.6. The van der Waals surface area contributed by atoms with Crippen molar-refractivity contribution in [2.45, 2.75) is 19.4 Å². The first-order valence-electron chi connectivity index (χ1n) is 10.8. The molecular weight excluding hydrogens is 404 g/mol. The normalized spacial score (nSPS) is 15.0. The topological polar surface area (TPSA) is 60.0 Å². The van der Waals surface area contributed by atoms with Crippen molar-refractivity contribution in [1.82, 2.24) is 4.90 Å². The summed E-state index contributed by atoms with van der Waals surface area (Å²) in [6, 6.07) is 21.1. The summed E-state index contributed by atoms with van der Waals surface area (Å²) in [4.78, 5) is 15.4. The lowest BCUT2D eigenvalue weighted by Gasteiger charge is -2.38. The molecule has 1 aliphatic heterocycles. The van der Waals surface area contributed by atoms with Gasteiger partial charge in [0.2, 0.25) is 0 Å². The third kappa shape index (κ3) is 4.21. The number of nitrogens with zero attached hydrogens (tertiary/aromatic N) is 1. The van der Waals surface area contributed by atoms with Crippen LogP contribution in [0.5, 0.6) is 17.2 Å². The maximum Gasteiger partial charge on any atom is 0.322 e. The van der Waals surface area contributed by atoms with Crippen LogP contribution in [-0.2, 0) is 6.42 Å². The van der Waals surface area contributed by atoms with Crippen LogP contribution < -0.4 is 19.5 Å². The van der Waals surface area contributed by atoms with E-state index in [1.807, 2.05) is 78.6 Å². The number of anilines is 1. The smallest absolute Gasteiger partial charge is 0.322 e. The molecule has 1 N–H and O–H groups in total. The third-order valence-corrected chi connectivity index (χ3v) is 5.68. The summed E-state index contributed by atoms with van der Waals surface area (Å²) in [6.45, 7) is 3.02. The van der Waals surface area contributed by atoms with Crippen LogP contribution in [0.3, 0.4) is 0 Å². The molecular formula is C26H28N2O4. The summed E-state index contributed by atoms with van der Waals surface area (Å²) in [5, 5.41) is 3.05. The van der Waals surface area contributed by atoms with Gasteiger partial charge in [-0.15, -0.1) is 0 Å². The van der Waals surface area contributed by atoms with Gasteiger partial charge in [-0.05, 0) is 54.3 Å². The van der Waals surface area contributed by atoms with E-state index in [-0.39, 0.29) is 12.1 Å². The van der Waals surface area contributed by atoms with Crippen molar-refractivity contribution in [2.75, 3.05) is 32.7 Å². The Kier molecular flexibility index (Phi) is 6.50. The predicted octanol–water partition coefficient (Wildman–Crippen LogP) is 5.28. The highest BCUT2D eigenvalue weighted by Gasteiger charge is 2.33. The zero-order valence-electron chi connectivity index (χ0n) is 18.6. The molecule has 0 radical (unpaired) electrons. The average molecular weight is 433 g/mol. The second-order valence-corrected chi connectivity index (χ2v) is 7.52. The van der Waals surface area contributed by atoms with Gasteiger partial charge in [0, 0.05) is 6.54 Å². The maximum atomic E-state index is 13.5. The van der Waals surface area contributed by atoms with Gasteiger partial charge in [0.05, 0.1) is 32.6 Å². The second kappa shape index (κ2) is 9.64. The molecule has 0 saturated carbocycles. The number of carbonyl (C=O) groups excluding carboxylic acids is 1. The van der Waals surface area contributed by atoms with E-state index in [4.69, 9.17) is 14.2 Å². The highest BCUT2D eigenvalue weighted by atomic mass is 16.5. The number of carbonyl (C=O) groups is 1. The summed E-state index contributed by atoms with van der Waals surface area (Å²) >= 11 is 0. The molecule has 2 amide bonds. The number of nitrogens with one attached hydrogen (secondary N) is 1.